The van der Waals surface area contributed by atoms with Gasteiger partial charge in [0.1, 0.15) is 11.6 Å². The van der Waals surface area contributed by atoms with Crippen LogP contribution in [0.25, 0.3) is 0 Å². The lowest BCUT2D eigenvalue weighted by molar-refractivity contribution is 0.0841. The highest BCUT2D eigenvalue weighted by Gasteiger charge is 2.27. The number of carbonyl (C=O) groups is 2. The van der Waals surface area contributed by atoms with Gasteiger partial charge in [0, 0.05) is 30.1 Å². The Morgan fingerprint density at radius 1 is 0.972 bits per heavy atom. The van der Waals surface area contributed by atoms with E-state index in [4.69, 9.17) is 4.74 Å². The molecule has 3 aromatic carbocycles. The van der Waals surface area contributed by atoms with Crippen molar-refractivity contribution in [3.05, 3.63) is 95.3 Å². The Kier molecular flexibility index (Phi) is 8.46. The number of aliphatic hydroxyl groups excluding tert-OH is 1. The van der Waals surface area contributed by atoms with E-state index in [0.717, 1.165) is 31.5 Å². The maximum atomic E-state index is 13.5. The fourth-order valence-electron chi connectivity index (χ4n) is 4.60. The molecule has 1 saturated heterocycles. The summed E-state index contributed by atoms with van der Waals surface area (Å²) in [7, 11) is 1.58. The standard InChI is InChI=1S/C29H31FN2O4/c1-36-27-5-3-2-4-26(27)32(29(35)24-8-6-21(20-33)7-9-24)19-18-31-16-14-23(15-17-31)28(34)22-10-12-25(30)13-11-22/h2-13,23,33H,14-20H2,1H3. The summed E-state index contributed by atoms with van der Waals surface area (Å²) in [5.41, 5.74) is 2.52. The number of hydrogen-bond donors (Lipinski definition) is 1. The summed E-state index contributed by atoms with van der Waals surface area (Å²) in [4.78, 5) is 30.3. The predicted octanol–water partition coefficient (Wildman–Crippen LogP) is 4.57. The summed E-state index contributed by atoms with van der Waals surface area (Å²) in [5.74, 6) is 0.0992. The number of piperidine rings is 1. The van der Waals surface area contributed by atoms with Crippen LogP contribution < -0.4 is 9.64 Å². The first-order valence-electron chi connectivity index (χ1n) is 12.2. The van der Waals surface area contributed by atoms with E-state index < -0.39 is 0 Å². The highest BCUT2D eigenvalue weighted by Crippen LogP contribution is 2.29. The fourth-order valence-corrected chi connectivity index (χ4v) is 4.60. The smallest absolute Gasteiger partial charge is 0.258 e. The molecule has 7 heteroatoms. The number of benzene rings is 3. The zero-order valence-electron chi connectivity index (χ0n) is 20.4. The third-order valence-electron chi connectivity index (χ3n) is 6.73. The number of ketones is 1. The Balaban J connectivity index is 1.43. The molecule has 1 heterocycles. The third kappa shape index (κ3) is 5.98. The predicted molar refractivity (Wildman–Crippen MR) is 137 cm³/mol. The van der Waals surface area contributed by atoms with Gasteiger partial charge in [-0.3, -0.25) is 9.59 Å². The van der Waals surface area contributed by atoms with E-state index in [1.54, 1.807) is 48.4 Å². The number of para-hydroxylation sites is 2. The minimum atomic E-state index is -0.347. The van der Waals surface area contributed by atoms with E-state index in [2.05, 4.69) is 4.90 Å². The molecule has 1 N–H and O–H groups in total. The van der Waals surface area contributed by atoms with Crippen LogP contribution in [-0.2, 0) is 6.61 Å². The molecule has 0 saturated carbocycles. The number of rotatable bonds is 9. The van der Waals surface area contributed by atoms with Gasteiger partial charge in [0.2, 0.25) is 0 Å². The number of aliphatic hydroxyl groups is 1. The van der Waals surface area contributed by atoms with E-state index in [1.807, 2.05) is 24.3 Å². The molecule has 3 aromatic rings. The second-order valence-electron chi connectivity index (χ2n) is 8.97. The van der Waals surface area contributed by atoms with Gasteiger partial charge in [-0.15, -0.1) is 0 Å². The van der Waals surface area contributed by atoms with Crippen LogP contribution in [-0.4, -0.2) is 55.0 Å². The minimum absolute atomic E-state index is 0.0619. The number of amides is 1. The second kappa shape index (κ2) is 11.9. The average Bonchev–Trinajstić information content (AvgIpc) is 2.93. The number of Topliss-reactive ketones (excluding diaryl/α,β-unsaturated/α-hetero) is 1. The number of methoxy groups -OCH3 is 1. The molecule has 0 unspecified atom stereocenters. The topological polar surface area (TPSA) is 70.1 Å². The SMILES string of the molecule is COc1ccccc1N(CCN1CCC(C(=O)c2ccc(F)cc2)CC1)C(=O)c1ccc(CO)cc1. The molecule has 0 bridgehead atoms. The van der Waals surface area contributed by atoms with Crippen LogP contribution in [0.4, 0.5) is 10.1 Å². The first-order chi connectivity index (χ1) is 17.5. The normalized spacial score (nSPS) is 14.4. The van der Waals surface area contributed by atoms with Crippen LogP contribution in [0.5, 0.6) is 5.75 Å². The van der Waals surface area contributed by atoms with Crippen molar-refractivity contribution in [1.29, 1.82) is 0 Å². The highest BCUT2D eigenvalue weighted by atomic mass is 19.1. The lowest BCUT2D eigenvalue weighted by Crippen LogP contribution is -2.43. The molecule has 0 atom stereocenters. The van der Waals surface area contributed by atoms with Crippen molar-refractivity contribution >= 4 is 17.4 Å². The number of carbonyl (C=O) groups excluding carboxylic acids is 2. The number of ether oxygens (including phenoxy) is 1. The van der Waals surface area contributed by atoms with E-state index in [0.29, 0.717) is 35.7 Å². The Morgan fingerprint density at radius 2 is 1.61 bits per heavy atom. The maximum absolute atomic E-state index is 13.5. The summed E-state index contributed by atoms with van der Waals surface area (Å²) in [6.07, 6.45) is 1.45. The first kappa shape index (κ1) is 25.5. The molecular formula is C29H31FN2O4. The van der Waals surface area contributed by atoms with Crippen molar-refractivity contribution in [1.82, 2.24) is 4.90 Å². The molecule has 36 heavy (non-hydrogen) atoms. The van der Waals surface area contributed by atoms with Crippen LogP contribution in [0.15, 0.2) is 72.8 Å². The largest absolute Gasteiger partial charge is 0.495 e. The quantitative estimate of drug-likeness (QED) is 0.445. The van der Waals surface area contributed by atoms with Crippen LogP contribution in [0.2, 0.25) is 0 Å². The Bertz CT molecular complexity index is 1170. The van der Waals surface area contributed by atoms with Crippen LogP contribution in [0.1, 0.15) is 39.1 Å². The second-order valence-corrected chi connectivity index (χ2v) is 8.97. The van der Waals surface area contributed by atoms with Gasteiger partial charge >= 0.3 is 0 Å². The van der Waals surface area contributed by atoms with Gasteiger partial charge in [-0.25, -0.2) is 4.39 Å². The van der Waals surface area contributed by atoms with Crippen molar-refractivity contribution in [2.75, 3.05) is 38.2 Å². The summed E-state index contributed by atoms with van der Waals surface area (Å²) >= 11 is 0. The number of hydrogen-bond acceptors (Lipinski definition) is 5. The lowest BCUT2D eigenvalue weighted by Gasteiger charge is -2.33. The summed E-state index contributed by atoms with van der Waals surface area (Å²) in [6, 6.07) is 20.1. The van der Waals surface area contributed by atoms with Crippen LogP contribution in [0.3, 0.4) is 0 Å². The number of anilines is 1. The molecule has 1 aliphatic rings. The molecule has 6 nitrogen and oxygen atoms in total. The van der Waals surface area contributed by atoms with Gasteiger partial charge in [0.25, 0.3) is 5.91 Å². The molecule has 0 aromatic heterocycles. The maximum Gasteiger partial charge on any atom is 0.258 e. The molecule has 1 fully saturated rings. The molecule has 1 amide bonds. The minimum Gasteiger partial charge on any atom is -0.495 e. The number of halogens is 1. The van der Waals surface area contributed by atoms with Gasteiger partial charge in [0.05, 0.1) is 19.4 Å². The Hall–Kier alpha value is -3.55. The van der Waals surface area contributed by atoms with Crippen molar-refractivity contribution in [2.24, 2.45) is 5.92 Å². The van der Waals surface area contributed by atoms with E-state index >= 15 is 0 Å². The highest BCUT2D eigenvalue weighted by molar-refractivity contribution is 6.07. The van der Waals surface area contributed by atoms with Crippen molar-refractivity contribution in [3.63, 3.8) is 0 Å². The van der Waals surface area contributed by atoms with Crippen LogP contribution in [0, 0.1) is 11.7 Å². The van der Waals surface area contributed by atoms with E-state index in [1.165, 1.54) is 12.1 Å². The molecule has 0 spiro atoms. The molecule has 4 rings (SSSR count). The lowest BCUT2D eigenvalue weighted by atomic mass is 9.89. The van der Waals surface area contributed by atoms with Crippen molar-refractivity contribution in [3.8, 4) is 5.75 Å². The van der Waals surface area contributed by atoms with Crippen molar-refractivity contribution < 1.29 is 23.8 Å². The first-order valence-corrected chi connectivity index (χ1v) is 12.2. The zero-order valence-corrected chi connectivity index (χ0v) is 20.4. The van der Waals surface area contributed by atoms with Gasteiger partial charge < -0.3 is 19.6 Å². The Labute approximate surface area is 210 Å². The fraction of sp³-hybridized carbons (Fsp3) is 0.310. The summed E-state index contributed by atoms with van der Waals surface area (Å²) in [6.45, 7) is 2.52. The van der Waals surface area contributed by atoms with Gasteiger partial charge in [0.15, 0.2) is 5.78 Å². The monoisotopic (exact) mass is 490 g/mol. The number of nitrogens with zero attached hydrogens (tertiary/aromatic N) is 2. The summed E-state index contributed by atoms with van der Waals surface area (Å²) in [5, 5.41) is 9.33. The van der Waals surface area contributed by atoms with Crippen molar-refractivity contribution in [2.45, 2.75) is 19.4 Å². The zero-order chi connectivity index (χ0) is 25.5. The average molecular weight is 491 g/mol. The molecule has 0 aliphatic carbocycles. The third-order valence-corrected chi connectivity index (χ3v) is 6.73. The Morgan fingerprint density at radius 3 is 2.25 bits per heavy atom. The van der Waals surface area contributed by atoms with E-state index in [-0.39, 0.29) is 30.0 Å². The molecular weight excluding hydrogens is 459 g/mol. The van der Waals surface area contributed by atoms with Gasteiger partial charge in [-0.2, -0.15) is 0 Å². The summed E-state index contributed by atoms with van der Waals surface area (Å²) < 4.78 is 18.7. The molecule has 1 aliphatic heterocycles. The molecule has 0 radical (unpaired) electrons. The van der Waals surface area contributed by atoms with Gasteiger partial charge in [-0.05, 0) is 80.0 Å². The van der Waals surface area contributed by atoms with E-state index in [9.17, 15) is 19.1 Å². The van der Waals surface area contributed by atoms with Gasteiger partial charge in [-0.1, -0.05) is 24.3 Å². The van der Waals surface area contributed by atoms with Crippen LogP contribution >= 0.6 is 0 Å². The molecule has 188 valence electrons. The number of likely N-dealkylation sites (tertiary alicyclic amines) is 1.